The van der Waals surface area contributed by atoms with Crippen LogP contribution in [-0.4, -0.2) is 35.1 Å². The van der Waals surface area contributed by atoms with E-state index >= 15 is 0 Å². The van der Waals surface area contributed by atoms with E-state index in [9.17, 15) is 5.11 Å². The molecular formula is C14H26O3. The van der Waals surface area contributed by atoms with E-state index in [1.54, 1.807) is 0 Å². The van der Waals surface area contributed by atoms with Gasteiger partial charge in [-0.2, -0.15) is 0 Å². The summed E-state index contributed by atoms with van der Waals surface area (Å²) in [4.78, 5) is 0. The van der Waals surface area contributed by atoms with Gasteiger partial charge in [0.15, 0.2) is 0 Å². The van der Waals surface area contributed by atoms with E-state index in [0.29, 0.717) is 0 Å². The Labute approximate surface area is 104 Å². The third kappa shape index (κ3) is 2.83. The molecule has 100 valence electrons. The van der Waals surface area contributed by atoms with Crippen LogP contribution in [0.4, 0.5) is 0 Å². The number of hydrogen-bond donors (Lipinski definition) is 1. The fourth-order valence-electron chi connectivity index (χ4n) is 3.43. The zero-order chi connectivity index (χ0) is 12.7. The Morgan fingerprint density at radius 3 is 2.35 bits per heavy atom. The standard InChI is InChI=1S/C14H26O3/c1-13(2)9-10(14(3,4)17-13)12(15)11-7-5-6-8-16-11/h10-12,15H,5-9H2,1-4H3. The molecule has 2 aliphatic heterocycles. The van der Waals surface area contributed by atoms with E-state index < -0.39 is 6.10 Å². The number of rotatable bonds is 2. The molecule has 17 heavy (non-hydrogen) atoms. The van der Waals surface area contributed by atoms with Crippen LogP contribution in [0, 0.1) is 5.92 Å². The molecule has 0 radical (unpaired) electrons. The van der Waals surface area contributed by atoms with Gasteiger partial charge in [-0.15, -0.1) is 0 Å². The molecule has 0 aromatic carbocycles. The summed E-state index contributed by atoms with van der Waals surface area (Å²) in [6.07, 6.45) is 3.78. The highest BCUT2D eigenvalue weighted by atomic mass is 16.5. The first-order valence-electron chi connectivity index (χ1n) is 6.82. The second-order valence-corrected chi connectivity index (χ2v) is 6.67. The maximum atomic E-state index is 10.5. The van der Waals surface area contributed by atoms with Crippen molar-refractivity contribution in [1.29, 1.82) is 0 Å². The molecule has 2 heterocycles. The average molecular weight is 242 g/mol. The molecule has 3 unspecified atom stereocenters. The summed E-state index contributed by atoms with van der Waals surface area (Å²) < 4.78 is 11.8. The molecule has 1 N–H and O–H groups in total. The van der Waals surface area contributed by atoms with Crippen LogP contribution in [0.3, 0.4) is 0 Å². The van der Waals surface area contributed by atoms with Crippen LogP contribution >= 0.6 is 0 Å². The van der Waals surface area contributed by atoms with Crippen LogP contribution in [0.5, 0.6) is 0 Å². The van der Waals surface area contributed by atoms with Gasteiger partial charge in [-0.05, 0) is 53.4 Å². The van der Waals surface area contributed by atoms with Crippen LogP contribution < -0.4 is 0 Å². The van der Waals surface area contributed by atoms with Crippen molar-refractivity contribution in [2.75, 3.05) is 6.61 Å². The van der Waals surface area contributed by atoms with Crippen molar-refractivity contribution >= 4 is 0 Å². The first-order chi connectivity index (χ1) is 7.82. The summed E-state index contributed by atoms with van der Waals surface area (Å²) in [7, 11) is 0. The predicted octanol–water partition coefficient (Wildman–Crippen LogP) is 2.51. The highest BCUT2D eigenvalue weighted by Crippen LogP contribution is 2.45. The Kier molecular flexibility index (Phi) is 3.54. The van der Waals surface area contributed by atoms with Crippen molar-refractivity contribution < 1.29 is 14.6 Å². The SMILES string of the molecule is CC1(C)CC(C(O)C2CCCCO2)C(C)(C)O1. The van der Waals surface area contributed by atoms with Crippen molar-refractivity contribution in [3.05, 3.63) is 0 Å². The van der Waals surface area contributed by atoms with Gasteiger partial charge in [0, 0.05) is 12.5 Å². The van der Waals surface area contributed by atoms with Gasteiger partial charge >= 0.3 is 0 Å². The highest BCUT2D eigenvalue weighted by Gasteiger charge is 2.50. The van der Waals surface area contributed by atoms with E-state index in [4.69, 9.17) is 9.47 Å². The molecule has 3 heteroatoms. The molecule has 0 aromatic rings. The van der Waals surface area contributed by atoms with Gasteiger partial charge in [0.2, 0.25) is 0 Å². The van der Waals surface area contributed by atoms with Crippen LogP contribution in [0.15, 0.2) is 0 Å². The molecule has 0 aromatic heterocycles. The minimum absolute atomic E-state index is 0.00512. The second-order valence-electron chi connectivity index (χ2n) is 6.67. The fourth-order valence-corrected chi connectivity index (χ4v) is 3.43. The lowest BCUT2D eigenvalue weighted by molar-refractivity contribution is -0.123. The third-order valence-corrected chi connectivity index (χ3v) is 4.15. The summed E-state index contributed by atoms with van der Waals surface area (Å²) in [5, 5.41) is 10.5. The summed E-state index contributed by atoms with van der Waals surface area (Å²) in [6, 6.07) is 0. The van der Waals surface area contributed by atoms with Gasteiger partial charge in [-0.25, -0.2) is 0 Å². The van der Waals surface area contributed by atoms with E-state index in [2.05, 4.69) is 27.7 Å². The normalized spacial score (nSPS) is 37.9. The largest absolute Gasteiger partial charge is 0.390 e. The molecule has 0 saturated carbocycles. The van der Waals surface area contributed by atoms with Gasteiger partial charge in [-0.3, -0.25) is 0 Å². The number of aliphatic hydroxyl groups excluding tert-OH is 1. The Morgan fingerprint density at radius 2 is 1.88 bits per heavy atom. The Morgan fingerprint density at radius 1 is 1.18 bits per heavy atom. The molecule has 2 saturated heterocycles. The van der Waals surface area contributed by atoms with E-state index in [-0.39, 0.29) is 23.2 Å². The molecule has 2 rings (SSSR count). The van der Waals surface area contributed by atoms with E-state index in [0.717, 1.165) is 25.9 Å². The molecule has 0 spiro atoms. The summed E-state index contributed by atoms with van der Waals surface area (Å²) in [5.41, 5.74) is -0.395. The van der Waals surface area contributed by atoms with Gasteiger partial charge < -0.3 is 14.6 Å². The predicted molar refractivity (Wildman–Crippen MR) is 66.9 cm³/mol. The Hall–Kier alpha value is -0.120. The summed E-state index contributed by atoms with van der Waals surface area (Å²) >= 11 is 0. The lowest BCUT2D eigenvalue weighted by Crippen LogP contribution is -2.44. The van der Waals surface area contributed by atoms with Crippen LogP contribution in [-0.2, 0) is 9.47 Å². The first-order valence-corrected chi connectivity index (χ1v) is 6.82. The minimum atomic E-state index is -0.396. The van der Waals surface area contributed by atoms with Gasteiger partial charge in [-0.1, -0.05) is 0 Å². The van der Waals surface area contributed by atoms with Crippen molar-refractivity contribution in [3.63, 3.8) is 0 Å². The highest BCUT2D eigenvalue weighted by molar-refractivity contribution is 4.99. The van der Waals surface area contributed by atoms with Crippen molar-refractivity contribution in [2.45, 2.75) is 76.8 Å². The van der Waals surface area contributed by atoms with Gasteiger partial charge in [0.1, 0.15) is 0 Å². The lowest BCUT2D eigenvalue weighted by Gasteiger charge is -2.35. The van der Waals surface area contributed by atoms with Crippen LogP contribution in [0.2, 0.25) is 0 Å². The van der Waals surface area contributed by atoms with Gasteiger partial charge in [0.05, 0.1) is 23.4 Å². The molecule has 2 aliphatic rings. The summed E-state index contributed by atoms with van der Waals surface area (Å²) in [6.45, 7) is 9.16. The van der Waals surface area contributed by atoms with Crippen molar-refractivity contribution in [3.8, 4) is 0 Å². The molecular weight excluding hydrogens is 216 g/mol. The summed E-state index contributed by atoms with van der Waals surface area (Å²) in [5.74, 6) is 0.167. The minimum Gasteiger partial charge on any atom is -0.390 e. The second kappa shape index (κ2) is 4.52. The molecule has 0 amide bonds. The quantitative estimate of drug-likeness (QED) is 0.808. The van der Waals surface area contributed by atoms with Crippen molar-refractivity contribution in [1.82, 2.24) is 0 Å². The average Bonchev–Trinajstić information content (AvgIpc) is 2.47. The molecule has 3 atom stereocenters. The van der Waals surface area contributed by atoms with Crippen LogP contribution in [0.1, 0.15) is 53.4 Å². The fraction of sp³-hybridized carbons (Fsp3) is 1.00. The number of aliphatic hydroxyl groups is 1. The van der Waals surface area contributed by atoms with E-state index in [1.807, 2.05) is 0 Å². The molecule has 0 aliphatic carbocycles. The maximum absolute atomic E-state index is 10.5. The topological polar surface area (TPSA) is 38.7 Å². The molecule has 2 fully saturated rings. The number of hydrogen-bond acceptors (Lipinski definition) is 3. The number of ether oxygens (including phenoxy) is 2. The van der Waals surface area contributed by atoms with Gasteiger partial charge in [0.25, 0.3) is 0 Å². The molecule has 3 nitrogen and oxygen atoms in total. The Balaban J connectivity index is 2.05. The smallest absolute Gasteiger partial charge is 0.0858 e. The lowest BCUT2D eigenvalue weighted by atomic mass is 9.80. The first kappa shape index (κ1) is 13.3. The molecule has 0 bridgehead atoms. The Bertz CT molecular complexity index is 267. The third-order valence-electron chi connectivity index (χ3n) is 4.15. The zero-order valence-electron chi connectivity index (χ0n) is 11.5. The van der Waals surface area contributed by atoms with Crippen molar-refractivity contribution in [2.24, 2.45) is 5.92 Å². The van der Waals surface area contributed by atoms with E-state index in [1.165, 1.54) is 6.42 Å². The van der Waals surface area contributed by atoms with Crippen LogP contribution in [0.25, 0.3) is 0 Å². The maximum Gasteiger partial charge on any atom is 0.0858 e. The monoisotopic (exact) mass is 242 g/mol. The zero-order valence-corrected chi connectivity index (χ0v) is 11.5.